The first kappa shape index (κ1) is 10.6. The summed E-state index contributed by atoms with van der Waals surface area (Å²) < 4.78 is 11.2. The molecule has 0 bridgehead atoms. The molecule has 0 amide bonds. The largest absolute Gasteiger partial charge is 0.444 e. The summed E-state index contributed by atoms with van der Waals surface area (Å²) in [6.07, 6.45) is 5.19. The van der Waals surface area contributed by atoms with E-state index in [1.807, 2.05) is 7.05 Å². The van der Waals surface area contributed by atoms with Crippen LogP contribution in [0.4, 0.5) is 0 Å². The molecule has 4 nitrogen and oxygen atoms in total. The Bertz CT molecular complexity index is 305. The first-order valence-electron chi connectivity index (χ1n) is 5.53. The van der Waals surface area contributed by atoms with Crippen LogP contribution in [-0.4, -0.2) is 24.7 Å². The zero-order valence-corrected chi connectivity index (χ0v) is 9.32. The predicted octanol–water partition coefficient (Wildman–Crippen LogP) is 1.68. The zero-order valence-electron chi connectivity index (χ0n) is 9.32. The van der Waals surface area contributed by atoms with Gasteiger partial charge in [-0.1, -0.05) is 0 Å². The van der Waals surface area contributed by atoms with Crippen molar-refractivity contribution in [2.75, 3.05) is 13.7 Å². The Kier molecular flexibility index (Phi) is 3.38. The van der Waals surface area contributed by atoms with Crippen LogP contribution in [0.3, 0.4) is 0 Å². The van der Waals surface area contributed by atoms with E-state index in [4.69, 9.17) is 9.15 Å². The van der Waals surface area contributed by atoms with Gasteiger partial charge in [0.25, 0.3) is 0 Å². The van der Waals surface area contributed by atoms with E-state index in [9.17, 15) is 0 Å². The normalized spacial score (nSPS) is 23.2. The molecule has 0 spiro atoms. The number of nitrogens with one attached hydrogen (secondary N) is 1. The summed E-state index contributed by atoms with van der Waals surface area (Å²) in [5.41, 5.74) is 0. The van der Waals surface area contributed by atoms with Crippen molar-refractivity contribution in [2.45, 2.75) is 38.3 Å². The van der Waals surface area contributed by atoms with E-state index in [1.54, 1.807) is 6.20 Å². The van der Waals surface area contributed by atoms with Crippen LogP contribution in [0, 0.1) is 0 Å². The first-order valence-corrected chi connectivity index (χ1v) is 5.53. The molecule has 4 heteroatoms. The summed E-state index contributed by atoms with van der Waals surface area (Å²) in [4.78, 5) is 4.26. The molecule has 0 saturated carbocycles. The zero-order chi connectivity index (χ0) is 10.7. The molecule has 1 aromatic heterocycles. The van der Waals surface area contributed by atoms with Gasteiger partial charge in [0.05, 0.1) is 24.8 Å². The van der Waals surface area contributed by atoms with Crippen LogP contribution in [-0.2, 0) is 11.2 Å². The predicted molar refractivity (Wildman–Crippen MR) is 56.7 cm³/mol. The highest BCUT2D eigenvalue weighted by atomic mass is 16.5. The summed E-state index contributed by atoms with van der Waals surface area (Å²) in [6.45, 7) is 2.93. The van der Waals surface area contributed by atoms with Crippen LogP contribution in [0.2, 0.25) is 0 Å². The standard InChI is InChI=1S/C11H18N2O2/c1-8(12-2)10-7-13-11(15-10)6-9-4-3-5-14-9/h7-9,12H,3-6H2,1-2H3. The Balaban J connectivity index is 1.94. The van der Waals surface area contributed by atoms with Crippen molar-refractivity contribution in [1.29, 1.82) is 0 Å². The molecule has 0 aliphatic carbocycles. The van der Waals surface area contributed by atoms with Crippen molar-refractivity contribution in [3.8, 4) is 0 Å². The second-order valence-corrected chi connectivity index (χ2v) is 4.01. The van der Waals surface area contributed by atoms with E-state index >= 15 is 0 Å². The third kappa shape index (κ3) is 2.58. The van der Waals surface area contributed by atoms with Crippen LogP contribution in [0.25, 0.3) is 0 Å². The Hall–Kier alpha value is -0.870. The van der Waals surface area contributed by atoms with Gasteiger partial charge in [-0.2, -0.15) is 0 Å². The number of hydrogen-bond donors (Lipinski definition) is 1. The van der Waals surface area contributed by atoms with Crippen molar-refractivity contribution in [3.05, 3.63) is 17.8 Å². The van der Waals surface area contributed by atoms with Crippen molar-refractivity contribution in [3.63, 3.8) is 0 Å². The molecule has 84 valence electrons. The van der Waals surface area contributed by atoms with Gasteiger partial charge in [-0.3, -0.25) is 0 Å². The molecule has 15 heavy (non-hydrogen) atoms. The fraction of sp³-hybridized carbons (Fsp3) is 0.727. The SMILES string of the molecule is CNC(C)c1cnc(CC2CCCO2)o1. The van der Waals surface area contributed by atoms with E-state index in [0.29, 0.717) is 6.10 Å². The lowest BCUT2D eigenvalue weighted by atomic mass is 10.2. The first-order chi connectivity index (χ1) is 7.29. The highest BCUT2D eigenvalue weighted by Gasteiger charge is 2.19. The number of oxazole rings is 1. The number of nitrogens with zero attached hydrogens (tertiary/aromatic N) is 1. The molecule has 1 aliphatic heterocycles. The van der Waals surface area contributed by atoms with E-state index in [1.165, 1.54) is 0 Å². The van der Waals surface area contributed by atoms with Crippen LogP contribution in [0.15, 0.2) is 10.6 Å². The van der Waals surface area contributed by atoms with E-state index in [-0.39, 0.29) is 6.04 Å². The summed E-state index contributed by atoms with van der Waals surface area (Å²) in [6, 6.07) is 0.218. The molecule has 1 fully saturated rings. The highest BCUT2D eigenvalue weighted by molar-refractivity contribution is 5.00. The molecule has 1 aromatic rings. The summed E-state index contributed by atoms with van der Waals surface area (Å²) in [5.74, 6) is 1.68. The van der Waals surface area contributed by atoms with Gasteiger partial charge >= 0.3 is 0 Å². The van der Waals surface area contributed by atoms with Crippen LogP contribution in [0.5, 0.6) is 0 Å². The second-order valence-electron chi connectivity index (χ2n) is 4.01. The Morgan fingerprint density at radius 1 is 1.67 bits per heavy atom. The Labute approximate surface area is 90.0 Å². The molecule has 1 saturated heterocycles. The van der Waals surface area contributed by atoms with Gasteiger partial charge in [-0.15, -0.1) is 0 Å². The van der Waals surface area contributed by atoms with Crippen LogP contribution < -0.4 is 5.32 Å². The topological polar surface area (TPSA) is 47.3 Å². The van der Waals surface area contributed by atoms with Gasteiger partial charge in [0.1, 0.15) is 5.76 Å². The smallest absolute Gasteiger partial charge is 0.197 e. The minimum absolute atomic E-state index is 0.218. The number of aromatic nitrogens is 1. The highest BCUT2D eigenvalue weighted by Crippen LogP contribution is 2.19. The maximum atomic E-state index is 5.64. The molecule has 2 atom stereocenters. The fourth-order valence-electron chi connectivity index (χ4n) is 1.76. The third-order valence-electron chi connectivity index (χ3n) is 2.86. The molecule has 0 radical (unpaired) electrons. The lowest BCUT2D eigenvalue weighted by molar-refractivity contribution is 0.105. The maximum absolute atomic E-state index is 5.64. The Morgan fingerprint density at radius 3 is 3.20 bits per heavy atom. The quantitative estimate of drug-likeness (QED) is 0.821. The van der Waals surface area contributed by atoms with Crippen molar-refractivity contribution in [2.24, 2.45) is 0 Å². The van der Waals surface area contributed by atoms with Gasteiger partial charge in [0.2, 0.25) is 0 Å². The fourth-order valence-corrected chi connectivity index (χ4v) is 1.76. The molecule has 0 aromatic carbocycles. The molecule has 1 aliphatic rings. The van der Waals surface area contributed by atoms with E-state index < -0.39 is 0 Å². The summed E-state index contributed by atoms with van der Waals surface area (Å²) in [5, 5.41) is 3.12. The minimum atomic E-state index is 0.218. The molecule has 2 unspecified atom stereocenters. The van der Waals surface area contributed by atoms with Gasteiger partial charge < -0.3 is 14.5 Å². The maximum Gasteiger partial charge on any atom is 0.197 e. The molecule has 1 N–H and O–H groups in total. The van der Waals surface area contributed by atoms with E-state index in [0.717, 1.165) is 37.5 Å². The van der Waals surface area contributed by atoms with Gasteiger partial charge in [-0.05, 0) is 26.8 Å². The average Bonchev–Trinajstić information content (AvgIpc) is 2.88. The number of rotatable bonds is 4. The molecule has 2 rings (SSSR count). The minimum Gasteiger partial charge on any atom is -0.444 e. The van der Waals surface area contributed by atoms with E-state index in [2.05, 4.69) is 17.2 Å². The average molecular weight is 210 g/mol. The van der Waals surface area contributed by atoms with Crippen molar-refractivity contribution in [1.82, 2.24) is 10.3 Å². The second kappa shape index (κ2) is 4.77. The summed E-state index contributed by atoms with van der Waals surface area (Å²) >= 11 is 0. The van der Waals surface area contributed by atoms with Crippen LogP contribution >= 0.6 is 0 Å². The van der Waals surface area contributed by atoms with Gasteiger partial charge in [-0.25, -0.2) is 4.98 Å². The van der Waals surface area contributed by atoms with Gasteiger partial charge in [0.15, 0.2) is 5.89 Å². The third-order valence-corrected chi connectivity index (χ3v) is 2.86. The summed E-state index contributed by atoms with van der Waals surface area (Å²) in [7, 11) is 1.91. The molecule has 2 heterocycles. The lowest BCUT2D eigenvalue weighted by Gasteiger charge is -2.06. The molecular weight excluding hydrogens is 192 g/mol. The van der Waals surface area contributed by atoms with Crippen LogP contribution in [0.1, 0.15) is 37.5 Å². The Morgan fingerprint density at radius 2 is 2.53 bits per heavy atom. The molecular formula is C11H18N2O2. The number of hydrogen-bond acceptors (Lipinski definition) is 4. The van der Waals surface area contributed by atoms with Crippen molar-refractivity contribution >= 4 is 0 Å². The number of ether oxygens (including phenoxy) is 1. The lowest BCUT2D eigenvalue weighted by Crippen LogP contribution is -2.11. The monoisotopic (exact) mass is 210 g/mol. The van der Waals surface area contributed by atoms with Gasteiger partial charge in [0, 0.05) is 6.61 Å². The van der Waals surface area contributed by atoms with Crippen molar-refractivity contribution < 1.29 is 9.15 Å².